The summed E-state index contributed by atoms with van der Waals surface area (Å²) in [5, 5.41) is 0. The van der Waals surface area contributed by atoms with Crippen LogP contribution in [-0.4, -0.2) is 12.6 Å². The third-order valence-electron chi connectivity index (χ3n) is 7.39. The van der Waals surface area contributed by atoms with Crippen molar-refractivity contribution in [2.45, 2.75) is 188 Å². The molecule has 0 amide bonds. The predicted octanol–water partition coefficient (Wildman–Crippen LogP) is 11.3. The normalized spacial score (nSPS) is 12.2. The Labute approximate surface area is 215 Å². The van der Waals surface area contributed by atoms with E-state index >= 15 is 0 Å². The third kappa shape index (κ3) is 24.6. The van der Waals surface area contributed by atoms with Crippen molar-refractivity contribution in [2.75, 3.05) is 6.61 Å². The van der Waals surface area contributed by atoms with Crippen molar-refractivity contribution in [1.29, 1.82) is 0 Å². The number of ether oxygens (including phenoxy) is 1. The molecule has 0 aliphatic rings. The second-order valence-electron chi connectivity index (χ2n) is 10.9. The molecule has 0 aromatic rings. The van der Waals surface area contributed by atoms with Gasteiger partial charge in [-0.2, -0.15) is 0 Å². The molecular weight excluding hydrogens is 416 g/mol. The van der Waals surface area contributed by atoms with E-state index in [1.165, 1.54) is 148 Å². The average molecular weight is 481 g/mol. The minimum absolute atomic E-state index is 0.104. The van der Waals surface area contributed by atoms with Gasteiger partial charge in [0, 0.05) is 0 Å². The van der Waals surface area contributed by atoms with Crippen LogP contribution in [0.25, 0.3) is 0 Å². The predicted molar refractivity (Wildman–Crippen MR) is 152 cm³/mol. The fourth-order valence-electron chi connectivity index (χ4n) is 4.96. The minimum atomic E-state index is 0.104. The third-order valence-corrected chi connectivity index (χ3v) is 7.39. The molecule has 0 heterocycles. The molecule has 0 aliphatic heterocycles. The van der Waals surface area contributed by atoms with E-state index in [4.69, 9.17) is 4.74 Å². The molecule has 0 radical (unpaired) electrons. The summed E-state index contributed by atoms with van der Waals surface area (Å²) in [6, 6.07) is 0. The summed E-state index contributed by atoms with van der Waals surface area (Å²) >= 11 is 0. The summed E-state index contributed by atoms with van der Waals surface area (Å²) in [6.45, 7) is 7.46. The van der Waals surface area contributed by atoms with Crippen LogP contribution in [0.1, 0.15) is 188 Å². The highest BCUT2D eigenvalue weighted by Crippen LogP contribution is 2.21. The number of hydrogen-bond donors (Lipinski definition) is 0. The molecule has 0 aliphatic carbocycles. The van der Waals surface area contributed by atoms with Gasteiger partial charge in [-0.25, -0.2) is 0 Å². The van der Waals surface area contributed by atoms with Crippen LogP contribution in [0, 0.1) is 5.92 Å². The lowest BCUT2D eigenvalue weighted by atomic mass is 9.94. The van der Waals surface area contributed by atoms with Crippen LogP contribution < -0.4 is 0 Å². The van der Waals surface area contributed by atoms with Crippen LogP contribution in [0.3, 0.4) is 0 Å². The van der Waals surface area contributed by atoms with Gasteiger partial charge in [0.2, 0.25) is 0 Å². The molecule has 0 N–H and O–H groups in total. The van der Waals surface area contributed by atoms with Gasteiger partial charge in [-0.3, -0.25) is 4.79 Å². The Kier molecular flexibility index (Phi) is 28.3. The Balaban J connectivity index is 3.96. The second kappa shape index (κ2) is 28.7. The standard InChI is InChI=1S/C32H64O2/c1-4-7-10-13-16-18-19-21-24-27-30-34-32(33)31(28-25-22-15-12-9-6-3)29-26-23-20-17-14-11-8-5-2/h31H,4-30H2,1-3H3. The number of rotatable bonds is 28. The maximum Gasteiger partial charge on any atom is 0.308 e. The van der Waals surface area contributed by atoms with E-state index in [1.54, 1.807) is 0 Å². The average Bonchev–Trinajstić information content (AvgIpc) is 2.84. The van der Waals surface area contributed by atoms with Crippen molar-refractivity contribution in [3.8, 4) is 0 Å². The molecule has 2 heteroatoms. The van der Waals surface area contributed by atoms with Crippen molar-refractivity contribution in [3.05, 3.63) is 0 Å². The summed E-state index contributed by atoms with van der Waals surface area (Å²) in [4.78, 5) is 12.8. The zero-order valence-corrected chi connectivity index (χ0v) is 24.0. The Hall–Kier alpha value is -0.530. The van der Waals surface area contributed by atoms with E-state index in [0.29, 0.717) is 6.61 Å². The highest BCUT2D eigenvalue weighted by Gasteiger charge is 2.19. The smallest absolute Gasteiger partial charge is 0.308 e. The first-order chi connectivity index (χ1) is 16.8. The van der Waals surface area contributed by atoms with Gasteiger partial charge in [-0.15, -0.1) is 0 Å². The molecule has 1 atom stereocenters. The van der Waals surface area contributed by atoms with Crippen LogP contribution >= 0.6 is 0 Å². The monoisotopic (exact) mass is 480 g/mol. The maximum absolute atomic E-state index is 12.8. The molecule has 1 unspecified atom stereocenters. The van der Waals surface area contributed by atoms with E-state index in [2.05, 4.69) is 20.8 Å². The van der Waals surface area contributed by atoms with Gasteiger partial charge in [0.05, 0.1) is 12.5 Å². The second-order valence-corrected chi connectivity index (χ2v) is 10.9. The van der Waals surface area contributed by atoms with Gasteiger partial charge in [0.25, 0.3) is 0 Å². The molecule has 0 fully saturated rings. The Morgan fingerprint density at radius 3 is 1.09 bits per heavy atom. The molecule has 0 bridgehead atoms. The van der Waals surface area contributed by atoms with Crippen molar-refractivity contribution >= 4 is 5.97 Å². The zero-order valence-electron chi connectivity index (χ0n) is 24.0. The first-order valence-electron chi connectivity index (χ1n) is 15.9. The number of carbonyl (C=O) groups excluding carboxylic acids is 1. The molecule has 0 rings (SSSR count). The highest BCUT2D eigenvalue weighted by molar-refractivity contribution is 5.72. The van der Waals surface area contributed by atoms with Gasteiger partial charge < -0.3 is 4.74 Å². The molecule has 0 spiro atoms. The van der Waals surface area contributed by atoms with Crippen molar-refractivity contribution < 1.29 is 9.53 Å². The lowest BCUT2D eigenvalue weighted by Gasteiger charge is -2.16. The van der Waals surface area contributed by atoms with E-state index in [0.717, 1.165) is 19.3 Å². The zero-order chi connectivity index (χ0) is 25.0. The SMILES string of the molecule is CCCCCCCCCCCCOC(=O)C(CCCCCCCC)CCCCCCCCCC. The van der Waals surface area contributed by atoms with Gasteiger partial charge in [0.15, 0.2) is 0 Å². The van der Waals surface area contributed by atoms with Gasteiger partial charge in [-0.1, -0.05) is 168 Å². The van der Waals surface area contributed by atoms with Crippen LogP contribution in [0.15, 0.2) is 0 Å². The van der Waals surface area contributed by atoms with Crippen LogP contribution in [0.4, 0.5) is 0 Å². The fraction of sp³-hybridized carbons (Fsp3) is 0.969. The van der Waals surface area contributed by atoms with Gasteiger partial charge in [-0.05, 0) is 19.3 Å². The molecule has 0 saturated carbocycles. The largest absolute Gasteiger partial charge is 0.465 e. The minimum Gasteiger partial charge on any atom is -0.465 e. The molecule has 34 heavy (non-hydrogen) atoms. The van der Waals surface area contributed by atoms with Crippen LogP contribution in [0.2, 0.25) is 0 Å². The Morgan fingerprint density at radius 2 is 0.735 bits per heavy atom. The molecule has 2 nitrogen and oxygen atoms in total. The topological polar surface area (TPSA) is 26.3 Å². The van der Waals surface area contributed by atoms with Gasteiger partial charge >= 0.3 is 5.97 Å². The van der Waals surface area contributed by atoms with Crippen LogP contribution in [0.5, 0.6) is 0 Å². The summed E-state index contributed by atoms with van der Waals surface area (Å²) < 4.78 is 5.76. The number of esters is 1. The lowest BCUT2D eigenvalue weighted by Crippen LogP contribution is -2.18. The van der Waals surface area contributed by atoms with E-state index in [9.17, 15) is 4.79 Å². The van der Waals surface area contributed by atoms with Crippen molar-refractivity contribution in [2.24, 2.45) is 5.92 Å². The molecule has 0 saturated heterocycles. The van der Waals surface area contributed by atoms with E-state index in [-0.39, 0.29) is 11.9 Å². The van der Waals surface area contributed by atoms with E-state index < -0.39 is 0 Å². The molecular formula is C32H64O2. The molecule has 0 aromatic carbocycles. The molecule has 0 aromatic heterocycles. The lowest BCUT2D eigenvalue weighted by molar-refractivity contribution is -0.149. The first-order valence-corrected chi connectivity index (χ1v) is 15.9. The fourth-order valence-corrected chi connectivity index (χ4v) is 4.96. The van der Waals surface area contributed by atoms with Crippen molar-refractivity contribution in [1.82, 2.24) is 0 Å². The number of carbonyl (C=O) groups is 1. The molecule has 204 valence electrons. The summed E-state index contributed by atoms with van der Waals surface area (Å²) in [7, 11) is 0. The maximum atomic E-state index is 12.8. The summed E-state index contributed by atoms with van der Waals surface area (Å²) in [5.41, 5.74) is 0. The quantitative estimate of drug-likeness (QED) is 0.0821. The summed E-state index contributed by atoms with van der Waals surface area (Å²) in [5.74, 6) is 0.252. The highest BCUT2D eigenvalue weighted by atomic mass is 16.5. The van der Waals surface area contributed by atoms with Crippen molar-refractivity contribution in [3.63, 3.8) is 0 Å². The number of unbranched alkanes of at least 4 members (excludes halogenated alkanes) is 21. The summed E-state index contributed by atoms with van der Waals surface area (Å²) in [6.07, 6.45) is 33.7. The van der Waals surface area contributed by atoms with E-state index in [1.807, 2.05) is 0 Å². The Morgan fingerprint density at radius 1 is 0.441 bits per heavy atom. The first kappa shape index (κ1) is 33.5. The van der Waals surface area contributed by atoms with Gasteiger partial charge in [0.1, 0.15) is 0 Å². The van der Waals surface area contributed by atoms with Crippen LogP contribution in [-0.2, 0) is 9.53 Å². The Bertz CT molecular complexity index is 392. The number of hydrogen-bond acceptors (Lipinski definition) is 2.